The quantitative estimate of drug-likeness (QED) is 0.0560. The molecule has 0 unspecified atom stereocenters. The number of nitrogens with one attached hydrogen (secondary N) is 1. The van der Waals surface area contributed by atoms with E-state index in [4.69, 9.17) is 15.2 Å². The van der Waals surface area contributed by atoms with Crippen LogP contribution in [0.25, 0.3) is 21.5 Å². The van der Waals surface area contributed by atoms with E-state index in [2.05, 4.69) is 5.32 Å². The number of aromatic carboxylic acids is 2. The van der Waals surface area contributed by atoms with Crippen molar-refractivity contribution >= 4 is 69.0 Å². The van der Waals surface area contributed by atoms with Gasteiger partial charge >= 0.3 is 23.9 Å². The number of thioether (sulfide) groups is 1. The maximum Gasteiger partial charge on any atom is 0.339 e. The first-order valence-electron chi connectivity index (χ1n) is 19.1. The highest BCUT2D eigenvalue weighted by atomic mass is 32.2. The van der Waals surface area contributed by atoms with Gasteiger partial charge in [-0.15, -0.1) is 11.8 Å². The van der Waals surface area contributed by atoms with Gasteiger partial charge in [-0.05, 0) is 73.9 Å². The first-order chi connectivity index (χ1) is 28.7. The van der Waals surface area contributed by atoms with Gasteiger partial charge in [-0.25, -0.2) is 14.4 Å². The molecule has 2 aliphatic heterocycles. The number of ether oxygens (including phenoxy) is 2. The molecule has 0 aromatic heterocycles. The molecule has 2 heterocycles. The summed E-state index contributed by atoms with van der Waals surface area (Å²) >= 11 is 1.40. The van der Waals surface area contributed by atoms with Crippen molar-refractivity contribution in [1.82, 2.24) is 10.2 Å². The molecule has 5 aromatic rings. The normalized spacial score (nSPS) is 18.2. The Bertz CT molecular complexity index is 2470. The van der Waals surface area contributed by atoms with E-state index in [-0.39, 0.29) is 23.5 Å². The number of nitrogens with zero attached hydrogens (tertiary/aromatic N) is 1. The van der Waals surface area contributed by atoms with Crippen molar-refractivity contribution in [1.29, 1.82) is 0 Å². The van der Waals surface area contributed by atoms with Crippen LogP contribution in [-0.2, 0) is 35.1 Å². The van der Waals surface area contributed by atoms with Crippen LogP contribution in [0.3, 0.4) is 0 Å². The van der Waals surface area contributed by atoms with Gasteiger partial charge in [0.2, 0.25) is 18.6 Å². The van der Waals surface area contributed by atoms with Crippen LogP contribution in [0.5, 0.6) is 11.5 Å². The van der Waals surface area contributed by atoms with Crippen molar-refractivity contribution < 1.29 is 58.7 Å². The largest absolute Gasteiger partial charge is 0.507 e. The van der Waals surface area contributed by atoms with Gasteiger partial charge in [-0.3, -0.25) is 14.4 Å². The van der Waals surface area contributed by atoms with E-state index in [0.717, 1.165) is 0 Å². The molecule has 0 aliphatic carbocycles. The summed E-state index contributed by atoms with van der Waals surface area (Å²) in [6, 6.07) is 23.1. The number of carbonyl (C=O) groups is 6. The number of carboxylic acid groups (broad SMARTS) is 2. The third-order valence-corrected chi connectivity index (χ3v) is 12.0. The van der Waals surface area contributed by atoms with Gasteiger partial charge in [0.1, 0.15) is 46.1 Å². The van der Waals surface area contributed by atoms with Crippen LogP contribution in [0.15, 0.2) is 91.0 Å². The molecule has 16 heteroatoms. The SMILES string of the molecule is CC(C)(C)C(=O)OCOC(=O)[C@@H]1N2C(=O)[C@@H](NC(=O)[C@H](N)c3ccccc3)[C@H]2SC1(C)C.O=C(O)c1cc2ccccc2c(Cc2c(O)c(C(=O)O)cc3ccccc23)c1O. The number of esters is 2. The first kappa shape index (κ1) is 43.9. The Morgan fingerprint density at radius 2 is 1.30 bits per heavy atom. The molecule has 5 aromatic carbocycles. The topological polar surface area (TPSA) is 243 Å². The highest BCUT2D eigenvalue weighted by Crippen LogP contribution is 2.51. The maximum atomic E-state index is 12.8. The number of hydrogen-bond donors (Lipinski definition) is 6. The van der Waals surface area contributed by atoms with E-state index in [0.29, 0.717) is 38.2 Å². The number of nitrogens with two attached hydrogens (primary N) is 1. The van der Waals surface area contributed by atoms with Crippen LogP contribution in [0.2, 0.25) is 0 Å². The zero-order valence-corrected chi connectivity index (χ0v) is 34.7. The van der Waals surface area contributed by atoms with Crippen LogP contribution in [-0.4, -0.2) is 90.0 Å². The molecule has 2 fully saturated rings. The van der Waals surface area contributed by atoms with Gasteiger partial charge in [0.05, 0.1) is 5.41 Å². The predicted molar refractivity (Wildman–Crippen MR) is 226 cm³/mol. The van der Waals surface area contributed by atoms with Crippen LogP contribution >= 0.6 is 11.8 Å². The molecule has 0 saturated carbocycles. The zero-order chi connectivity index (χ0) is 44.6. The number of phenols is 2. The minimum absolute atomic E-state index is 0.0407. The molecule has 0 radical (unpaired) electrons. The number of β-lactam (4-membered cyclic amide) rings is 1. The second-order valence-electron chi connectivity index (χ2n) is 16.1. The van der Waals surface area contributed by atoms with Gasteiger partial charge in [0, 0.05) is 22.3 Å². The van der Waals surface area contributed by atoms with Gasteiger partial charge in [-0.1, -0.05) is 78.9 Å². The molecule has 318 valence electrons. The summed E-state index contributed by atoms with van der Waals surface area (Å²) in [6.07, 6.45) is -0.0407. The number of rotatable bonds is 10. The van der Waals surface area contributed by atoms with E-state index in [1.54, 1.807) is 93.6 Å². The molecular formula is C45H45N3O12S. The zero-order valence-electron chi connectivity index (χ0n) is 33.9. The average Bonchev–Trinajstić information content (AvgIpc) is 3.48. The Morgan fingerprint density at radius 1 is 0.803 bits per heavy atom. The summed E-state index contributed by atoms with van der Waals surface area (Å²) in [4.78, 5) is 74.6. The summed E-state index contributed by atoms with van der Waals surface area (Å²) in [5, 5.41) is 45.1. The highest BCUT2D eigenvalue weighted by molar-refractivity contribution is 8.01. The molecule has 4 atom stereocenters. The smallest absolute Gasteiger partial charge is 0.339 e. The average molecular weight is 852 g/mol. The molecule has 7 rings (SSSR count). The second-order valence-corrected chi connectivity index (χ2v) is 17.9. The fraction of sp³-hybridized carbons (Fsp3) is 0.289. The number of benzene rings is 5. The summed E-state index contributed by atoms with van der Waals surface area (Å²) in [6.45, 7) is 8.20. The Morgan fingerprint density at radius 3 is 1.79 bits per heavy atom. The van der Waals surface area contributed by atoms with Gasteiger partial charge in [0.15, 0.2) is 0 Å². The maximum absolute atomic E-state index is 12.8. The lowest BCUT2D eigenvalue weighted by molar-refractivity contribution is -0.180. The first-order valence-corrected chi connectivity index (χ1v) is 20.0. The highest BCUT2D eigenvalue weighted by Gasteiger charge is 2.64. The number of amides is 2. The number of carbonyl (C=O) groups excluding carboxylic acids is 4. The van der Waals surface area contributed by atoms with Gasteiger partial charge < -0.3 is 45.9 Å². The van der Waals surface area contributed by atoms with Crippen molar-refractivity contribution in [3.05, 3.63) is 119 Å². The van der Waals surface area contributed by atoms with Gasteiger partial charge in [-0.2, -0.15) is 0 Å². The van der Waals surface area contributed by atoms with Crippen LogP contribution in [0, 0.1) is 5.41 Å². The van der Waals surface area contributed by atoms with E-state index in [1.807, 2.05) is 19.9 Å². The lowest BCUT2D eigenvalue weighted by atomic mass is 9.90. The van der Waals surface area contributed by atoms with Crippen molar-refractivity contribution in [3.63, 3.8) is 0 Å². The number of carboxylic acids is 2. The second kappa shape index (κ2) is 17.1. The molecule has 2 aliphatic rings. The Balaban J connectivity index is 0.000000205. The Labute approximate surface area is 354 Å². The van der Waals surface area contributed by atoms with Crippen LogP contribution < -0.4 is 11.1 Å². The van der Waals surface area contributed by atoms with Crippen molar-refractivity contribution in [2.24, 2.45) is 11.1 Å². The molecule has 0 spiro atoms. The van der Waals surface area contributed by atoms with E-state index >= 15 is 0 Å². The summed E-state index contributed by atoms with van der Waals surface area (Å²) in [5.74, 6) is -5.36. The van der Waals surface area contributed by atoms with Gasteiger partial charge in [0.25, 0.3) is 0 Å². The van der Waals surface area contributed by atoms with E-state index in [9.17, 15) is 49.2 Å². The summed E-state index contributed by atoms with van der Waals surface area (Å²) in [7, 11) is 0. The number of aromatic hydroxyl groups is 2. The lowest BCUT2D eigenvalue weighted by Crippen LogP contribution is -2.71. The molecule has 61 heavy (non-hydrogen) atoms. The third-order valence-electron chi connectivity index (χ3n) is 10.5. The standard InChI is InChI=1S/C23H16O6.C22H29N3O6S/c24-20-16(14-7-3-1-5-12(14)9-18(20)22(26)27)11-17-15-8-4-2-6-13(15)10-19(21(17)25)23(28)29;1-21(2,3)20(29)31-11-30-19(28)15-22(4,5)32-18-14(17(27)25(15)18)24-16(26)13(23)12-9-7-6-8-10-12/h1-10,24-25H,11H2,(H,26,27)(H,28,29);6-10,13-15,18H,11,23H2,1-5H3,(H,24,26)/t;13-,14-,15+,18-/m.1/s1. The van der Waals surface area contributed by atoms with E-state index < -0.39 is 81.7 Å². The minimum atomic E-state index is -1.28. The molecule has 2 amide bonds. The fourth-order valence-electron chi connectivity index (χ4n) is 7.30. The predicted octanol–water partition coefficient (Wildman–Crippen LogP) is 5.71. The van der Waals surface area contributed by atoms with Crippen molar-refractivity contribution in [2.75, 3.05) is 6.79 Å². The molecular weight excluding hydrogens is 807 g/mol. The molecule has 2 saturated heterocycles. The summed E-state index contributed by atoms with van der Waals surface area (Å²) < 4.78 is 9.47. The molecule has 7 N–H and O–H groups in total. The number of fused-ring (bicyclic) bond motifs is 3. The Kier molecular flexibility index (Phi) is 12.3. The van der Waals surface area contributed by atoms with Crippen LogP contribution in [0.4, 0.5) is 0 Å². The molecule has 0 bridgehead atoms. The van der Waals surface area contributed by atoms with E-state index in [1.165, 1.54) is 28.8 Å². The minimum Gasteiger partial charge on any atom is -0.507 e. The van der Waals surface area contributed by atoms with Crippen molar-refractivity contribution in [2.45, 2.75) is 69.3 Å². The third kappa shape index (κ3) is 8.81. The monoisotopic (exact) mass is 851 g/mol. The van der Waals surface area contributed by atoms with Crippen molar-refractivity contribution in [3.8, 4) is 11.5 Å². The fourth-order valence-corrected chi connectivity index (χ4v) is 8.92. The lowest BCUT2D eigenvalue weighted by Gasteiger charge is -2.44. The summed E-state index contributed by atoms with van der Waals surface area (Å²) in [5.41, 5.74) is 6.05. The van der Waals surface area contributed by atoms with Crippen LogP contribution in [0.1, 0.15) is 78.1 Å². The molecule has 15 nitrogen and oxygen atoms in total. The Hall–Kier alpha value is -6.65. The number of hydrogen-bond acceptors (Lipinski definition) is 12.